The van der Waals surface area contributed by atoms with Gasteiger partial charge in [0, 0.05) is 19.8 Å². The number of rotatable bonds is 5. The van der Waals surface area contributed by atoms with E-state index in [2.05, 4.69) is 15.5 Å². The average molecular weight is 368 g/mol. The third-order valence-electron chi connectivity index (χ3n) is 3.61. The number of carbonyl (C=O) groups excluding carboxylic acids is 1. The van der Waals surface area contributed by atoms with Crippen LogP contribution in [0.25, 0.3) is 5.69 Å². The summed E-state index contributed by atoms with van der Waals surface area (Å²) in [6, 6.07) is 19.0. The molecule has 1 amide bonds. The quantitative estimate of drug-likeness (QED) is 0.555. The van der Waals surface area contributed by atoms with Gasteiger partial charge in [-0.25, -0.2) is 10.4 Å². The lowest BCUT2D eigenvalue weighted by Gasteiger charge is -2.14. The number of imidazole rings is 1. The summed E-state index contributed by atoms with van der Waals surface area (Å²) in [5.41, 5.74) is 4.28. The molecule has 0 unspecified atom stereocenters. The molecule has 0 aliphatic heterocycles. The Morgan fingerprint density at radius 3 is 2.35 bits per heavy atom. The van der Waals surface area contributed by atoms with Crippen LogP contribution in [0.3, 0.4) is 0 Å². The lowest BCUT2D eigenvalue weighted by molar-refractivity contribution is 0.0951. The first-order valence-corrected chi connectivity index (χ1v) is 8.35. The molecule has 6 nitrogen and oxygen atoms in total. The molecular weight excluding hydrogens is 350 g/mol. The maximum absolute atomic E-state index is 12.5. The minimum Gasteiger partial charge on any atom is -0.348 e. The number of carbonyl (C=O) groups is 1. The number of hydrogen-bond acceptors (Lipinski definition) is 4. The van der Waals surface area contributed by atoms with Crippen LogP contribution < -0.4 is 10.3 Å². The number of amides is 1. The van der Waals surface area contributed by atoms with Gasteiger partial charge < -0.3 is 4.90 Å². The van der Waals surface area contributed by atoms with Crippen LogP contribution in [0, 0.1) is 0 Å². The summed E-state index contributed by atoms with van der Waals surface area (Å²) in [5.74, 6) is 0.0818. The van der Waals surface area contributed by atoms with Gasteiger partial charge in [-0.3, -0.25) is 9.36 Å². The van der Waals surface area contributed by atoms with E-state index in [0.29, 0.717) is 5.95 Å². The number of hydrazone groups is 1. The minimum absolute atomic E-state index is 0.115. The Morgan fingerprint density at radius 2 is 1.73 bits per heavy atom. The smallest absolute Gasteiger partial charge is 0.293 e. The third kappa shape index (κ3) is 3.75. The Kier molecular flexibility index (Phi) is 5.34. The van der Waals surface area contributed by atoms with Crippen LogP contribution in [-0.4, -0.2) is 35.8 Å². The molecule has 3 rings (SSSR count). The minimum atomic E-state index is -0.472. The summed E-state index contributed by atoms with van der Waals surface area (Å²) >= 11 is 6.46. The number of benzene rings is 2. The van der Waals surface area contributed by atoms with E-state index in [4.69, 9.17) is 11.6 Å². The summed E-state index contributed by atoms with van der Waals surface area (Å²) in [7, 11) is 3.68. The molecule has 1 aromatic heterocycles. The zero-order valence-corrected chi connectivity index (χ0v) is 15.2. The Balaban J connectivity index is 1.88. The Labute approximate surface area is 156 Å². The molecule has 3 aromatic rings. The zero-order valence-electron chi connectivity index (χ0n) is 14.4. The SMILES string of the molecule is CN(C)c1nc(C(=O)N/N=C/c2ccccc2)c(Cl)n1-c1ccccc1. The monoisotopic (exact) mass is 367 g/mol. The summed E-state index contributed by atoms with van der Waals surface area (Å²) in [5, 5.41) is 4.20. The van der Waals surface area contributed by atoms with Crippen LogP contribution in [0.1, 0.15) is 16.1 Å². The van der Waals surface area contributed by atoms with Crippen LogP contribution >= 0.6 is 11.6 Å². The van der Waals surface area contributed by atoms with Crippen molar-refractivity contribution >= 4 is 29.7 Å². The van der Waals surface area contributed by atoms with E-state index in [1.54, 1.807) is 15.7 Å². The van der Waals surface area contributed by atoms with Crippen LogP contribution in [-0.2, 0) is 0 Å². The first-order chi connectivity index (χ1) is 12.6. The van der Waals surface area contributed by atoms with Gasteiger partial charge in [-0.15, -0.1) is 0 Å². The Bertz CT molecular complexity index is 920. The highest BCUT2D eigenvalue weighted by atomic mass is 35.5. The molecular formula is C19H18ClN5O. The Morgan fingerprint density at radius 1 is 1.12 bits per heavy atom. The van der Waals surface area contributed by atoms with Gasteiger partial charge in [0.1, 0.15) is 5.15 Å². The fourth-order valence-corrected chi connectivity index (χ4v) is 2.70. The van der Waals surface area contributed by atoms with Crippen molar-refractivity contribution in [3.8, 4) is 5.69 Å². The standard InChI is InChI=1S/C19H18ClN5O/c1-24(2)19-22-16(17(20)25(19)15-11-7-4-8-12-15)18(26)23-21-13-14-9-5-3-6-10-14/h3-13H,1-2H3,(H,23,26)/b21-13+. The highest BCUT2D eigenvalue weighted by Crippen LogP contribution is 2.27. The van der Waals surface area contributed by atoms with Crippen molar-refractivity contribution in [2.24, 2.45) is 5.10 Å². The van der Waals surface area contributed by atoms with Gasteiger partial charge in [-0.05, 0) is 17.7 Å². The predicted octanol–water partition coefficient (Wildman–Crippen LogP) is 3.36. The topological polar surface area (TPSA) is 62.5 Å². The van der Waals surface area contributed by atoms with Gasteiger partial charge >= 0.3 is 0 Å². The summed E-state index contributed by atoms with van der Waals surface area (Å²) in [6.45, 7) is 0. The molecule has 0 fully saturated rings. The van der Waals surface area contributed by atoms with Crippen LogP contribution in [0.4, 0.5) is 5.95 Å². The van der Waals surface area contributed by atoms with Crippen LogP contribution in [0.15, 0.2) is 65.8 Å². The van der Waals surface area contributed by atoms with Gasteiger partial charge in [0.05, 0.1) is 6.21 Å². The van der Waals surface area contributed by atoms with E-state index >= 15 is 0 Å². The fourth-order valence-electron chi connectivity index (χ4n) is 2.40. The summed E-state index contributed by atoms with van der Waals surface area (Å²) in [6.07, 6.45) is 1.56. The highest BCUT2D eigenvalue weighted by Gasteiger charge is 2.23. The highest BCUT2D eigenvalue weighted by molar-refractivity contribution is 6.33. The molecule has 1 heterocycles. The predicted molar refractivity (Wildman–Crippen MR) is 104 cm³/mol. The molecule has 0 radical (unpaired) electrons. The van der Waals surface area contributed by atoms with Crippen LogP contribution in [0.2, 0.25) is 5.15 Å². The molecule has 0 saturated heterocycles. The molecule has 1 N–H and O–H groups in total. The lowest BCUT2D eigenvalue weighted by atomic mass is 10.2. The number of para-hydroxylation sites is 1. The van der Waals surface area contributed by atoms with Crippen molar-refractivity contribution in [3.63, 3.8) is 0 Å². The second-order valence-electron chi connectivity index (χ2n) is 5.73. The van der Waals surface area contributed by atoms with Crippen molar-refractivity contribution in [1.29, 1.82) is 0 Å². The molecule has 0 aliphatic carbocycles. The number of nitrogens with zero attached hydrogens (tertiary/aromatic N) is 4. The number of aromatic nitrogens is 2. The molecule has 0 aliphatic rings. The molecule has 0 saturated carbocycles. The normalized spacial score (nSPS) is 10.9. The van der Waals surface area contributed by atoms with Crippen molar-refractivity contribution < 1.29 is 4.79 Å². The molecule has 0 bridgehead atoms. The number of halogens is 1. The molecule has 2 aromatic carbocycles. The third-order valence-corrected chi connectivity index (χ3v) is 3.96. The van der Waals surface area contributed by atoms with E-state index in [1.165, 1.54) is 0 Å². The van der Waals surface area contributed by atoms with Crippen LogP contribution in [0.5, 0.6) is 0 Å². The Hall–Kier alpha value is -3.12. The maximum Gasteiger partial charge on any atom is 0.293 e. The van der Waals surface area contributed by atoms with Gasteiger partial charge in [0.2, 0.25) is 5.95 Å². The van der Waals surface area contributed by atoms with Crippen molar-refractivity contribution in [1.82, 2.24) is 15.0 Å². The van der Waals surface area contributed by atoms with E-state index in [-0.39, 0.29) is 10.8 Å². The second-order valence-corrected chi connectivity index (χ2v) is 6.08. The number of hydrogen-bond donors (Lipinski definition) is 1. The van der Waals surface area contributed by atoms with E-state index < -0.39 is 5.91 Å². The molecule has 0 spiro atoms. The zero-order chi connectivity index (χ0) is 18.5. The van der Waals surface area contributed by atoms with Gasteiger partial charge in [0.15, 0.2) is 5.69 Å². The molecule has 7 heteroatoms. The summed E-state index contributed by atoms with van der Waals surface area (Å²) in [4.78, 5) is 18.6. The largest absolute Gasteiger partial charge is 0.348 e. The number of nitrogens with one attached hydrogen (secondary N) is 1. The molecule has 26 heavy (non-hydrogen) atoms. The van der Waals surface area contributed by atoms with Gasteiger partial charge in [-0.1, -0.05) is 60.1 Å². The first-order valence-electron chi connectivity index (χ1n) is 7.97. The van der Waals surface area contributed by atoms with Crippen molar-refractivity contribution in [2.75, 3.05) is 19.0 Å². The first kappa shape index (κ1) is 17.7. The van der Waals surface area contributed by atoms with Gasteiger partial charge in [0.25, 0.3) is 5.91 Å². The lowest BCUT2D eigenvalue weighted by Crippen LogP contribution is -2.19. The fraction of sp³-hybridized carbons (Fsp3) is 0.105. The second kappa shape index (κ2) is 7.84. The van der Waals surface area contributed by atoms with E-state index in [9.17, 15) is 4.79 Å². The molecule has 132 valence electrons. The van der Waals surface area contributed by atoms with E-state index in [0.717, 1.165) is 11.3 Å². The maximum atomic E-state index is 12.5. The average Bonchev–Trinajstić information content (AvgIpc) is 3.01. The molecule has 0 atom stereocenters. The van der Waals surface area contributed by atoms with Crippen molar-refractivity contribution in [3.05, 3.63) is 77.1 Å². The number of anilines is 1. The van der Waals surface area contributed by atoms with Crippen molar-refractivity contribution in [2.45, 2.75) is 0 Å². The van der Waals surface area contributed by atoms with Gasteiger partial charge in [-0.2, -0.15) is 5.10 Å². The summed E-state index contributed by atoms with van der Waals surface area (Å²) < 4.78 is 1.72. The van der Waals surface area contributed by atoms with E-state index in [1.807, 2.05) is 74.8 Å².